The van der Waals surface area contributed by atoms with Gasteiger partial charge in [0.2, 0.25) is 15.9 Å². The maximum Gasteiger partial charge on any atom is 0.296 e. The van der Waals surface area contributed by atoms with Gasteiger partial charge in [-0.3, -0.25) is 23.9 Å². The number of alkyl halides is 4. The van der Waals surface area contributed by atoms with Gasteiger partial charge in [0, 0.05) is 35.5 Å². The smallest absolute Gasteiger partial charge is 0.296 e. The Morgan fingerprint density at radius 3 is 2.45 bits per heavy atom. The summed E-state index contributed by atoms with van der Waals surface area (Å²) in [5.41, 5.74) is 4.91. The Morgan fingerprint density at radius 1 is 1.08 bits per heavy atom. The van der Waals surface area contributed by atoms with Crippen LogP contribution in [0.15, 0.2) is 54.7 Å². The van der Waals surface area contributed by atoms with Crippen molar-refractivity contribution in [2.75, 3.05) is 16.7 Å². The Morgan fingerprint density at radius 2 is 1.80 bits per heavy atom. The third-order valence-electron chi connectivity index (χ3n) is 8.75. The molecule has 0 radical (unpaired) electrons. The molecule has 7 rings (SSSR count). The Hall–Kier alpha value is -5.46. The molecule has 19 heteroatoms. The number of carbonyl (C=O) groups is 1. The van der Waals surface area contributed by atoms with E-state index in [0.717, 1.165) is 18.4 Å². The highest BCUT2D eigenvalue weighted by molar-refractivity contribution is 7.92. The van der Waals surface area contributed by atoms with Crippen molar-refractivity contribution in [3.8, 4) is 11.3 Å². The summed E-state index contributed by atoms with van der Waals surface area (Å²) in [5, 5.41) is 11.0. The van der Waals surface area contributed by atoms with E-state index in [1.54, 1.807) is 25.2 Å². The van der Waals surface area contributed by atoms with Crippen LogP contribution in [0.5, 0.6) is 0 Å². The lowest BCUT2D eigenvalue weighted by Crippen LogP contribution is -2.36. The van der Waals surface area contributed by atoms with Crippen LogP contribution >= 0.6 is 0 Å². The van der Waals surface area contributed by atoms with Crippen LogP contribution in [0.3, 0.4) is 0 Å². The molecule has 1 amide bonds. The van der Waals surface area contributed by atoms with Gasteiger partial charge in [-0.15, -0.1) is 0 Å². The van der Waals surface area contributed by atoms with Crippen LogP contribution in [0, 0.1) is 17.6 Å². The number of anilines is 2. The number of hydrogen-bond donors (Lipinski definition) is 3. The van der Waals surface area contributed by atoms with Crippen molar-refractivity contribution in [2.24, 2.45) is 13.0 Å². The SMILES string of the molecule is Cn1nc(NS(C)(=O)=O)c2cccc(-c3nc(N)cnc3C(Cc3cc(F)cc(F)c3)NC(=O)Cn3nc(C(F)F)c4c3C(F)(F)C3C=CC43)c21. The number of halogens is 6. The number of rotatable bonds is 10. The number of amides is 1. The number of fused-ring (bicyclic) bond motifs is 4. The van der Waals surface area contributed by atoms with Crippen LogP contribution < -0.4 is 15.8 Å². The van der Waals surface area contributed by atoms with Gasteiger partial charge in [0.1, 0.15) is 35.4 Å². The van der Waals surface area contributed by atoms with Crippen molar-refractivity contribution in [1.29, 1.82) is 0 Å². The van der Waals surface area contributed by atoms with Gasteiger partial charge < -0.3 is 11.1 Å². The van der Waals surface area contributed by atoms with Crippen LogP contribution in [-0.2, 0) is 40.8 Å². The lowest BCUT2D eigenvalue weighted by atomic mass is 9.81. The van der Waals surface area contributed by atoms with E-state index in [2.05, 4.69) is 30.2 Å². The van der Waals surface area contributed by atoms with Gasteiger partial charge in [0.05, 0.1) is 41.3 Å². The molecule has 5 aromatic rings. The van der Waals surface area contributed by atoms with Gasteiger partial charge in [0.25, 0.3) is 12.3 Å². The molecule has 3 aromatic heterocycles. The number of nitrogen functional groups attached to an aromatic ring is 1. The zero-order valence-electron chi connectivity index (χ0n) is 26.6. The number of nitrogens with two attached hydrogens (primary N) is 1. The normalized spacial score (nSPS) is 18.1. The first kappa shape index (κ1) is 34.0. The molecule has 266 valence electrons. The molecular weight excluding hydrogens is 704 g/mol. The number of para-hydroxylation sites is 1. The molecule has 3 heterocycles. The van der Waals surface area contributed by atoms with Crippen LogP contribution in [0.1, 0.15) is 46.6 Å². The molecule has 3 atom stereocenters. The number of carbonyl (C=O) groups excluding carboxylic acids is 1. The molecule has 4 N–H and O–H groups in total. The van der Waals surface area contributed by atoms with Gasteiger partial charge in [-0.2, -0.15) is 19.0 Å². The fraction of sp³-hybridized carbons (Fsp3) is 0.281. The largest absolute Gasteiger partial charge is 0.382 e. The minimum atomic E-state index is -3.74. The second-order valence-corrected chi connectivity index (χ2v) is 14.1. The first-order valence-electron chi connectivity index (χ1n) is 15.3. The summed E-state index contributed by atoms with van der Waals surface area (Å²) in [4.78, 5) is 22.5. The monoisotopic (exact) mass is 731 g/mol. The van der Waals surface area contributed by atoms with Gasteiger partial charge in [-0.25, -0.2) is 31.0 Å². The molecule has 0 saturated carbocycles. The molecule has 51 heavy (non-hydrogen) atoms. The third kappa shape index (κ3) is 6.04. The molecule has 2 aromatic carbocycles. The highest BCUT2D eigenvalue weighted by Gasteiger charge is 2.60. The molecule has 2 aliphatic rings. The summed E-state index contributed by atoms with van der Waals surface area (Å²) >= 11 is 0. The maximum absolute atomic E-state index is 15.4. The predicted octanol–water partition coefficient (Wildman–Crippen LogP) is 4.87. The van der Waals surface area contributed by atoms with Crippen LogP contribution in [-0.4, -0.2) is 50.1 Å². The minimum absolute atomic E-state index is 0.00529. The van der Waals surface area contributed by atoms with Gasteiger partial charge in [-0.1, -0.05) is 24.3 Å². The molecule has 3 unspecified atom stereocenters. The fourth-order valence-electron chi connectivity index (χ4n) is 6.76. The summed E-state index contributed by atoms with van der Waals surface area (Å²) in [7, 11) is -2.20. The van der Waals surface area contributed by atoms with Gasteiger partial charge in [0.15, 0.2) is 5.82 Å². The van der Waals surface area contributed by atoms with Crippen LogP contribution in [0.4, 0.5) is 38.0 Å². The highest BCUT2D eigenvalue weighted by Crippen LogP contribution is 2.59. The average Bonchev–Trinajstić information content (AvgIpc) is 3.56. The van der Waals surface area contributed by atoms with E-state index in [4.69, 9.17) is 5.73 Å². The zero-order valence-corrected chi connectivity index (χ0v) is 27.4. The molecule has 0 fully saturated rings. The number of hydrogen-bond acceptors (Lipinski definition) is 8. The highest BCUT2D eigenvalue weighted by atomic mass is 32.2. The van der Waals surface area contributed by atoms with Crippen LogP contribution in [0.25, 0.3) is 22.2 Å². The summed E-state index contributed by atoms with van der Waals surface area (Å²) in [6.07, 6.45) is 1.25. The van der Waals surface area contributed by atoms with Crippen molar-refractivity contribution >= 4 is 38.5 Å². The number of nitrogens with one attached hydrogen (secondary N) is 2. The Kier molecular flexibility index (Phi) is 8.07. The zero-order chi connectivity index (χ0) is 36.6. The summed E-state index contributed by atoms with van der Waals surface area (Å²) in [5.74, 6) is -8.75. The van der Waals surface area contributed by atoms with E-state index in [-0.39, 0.29) is 40.6 Å². The Labute approximate surface area is 285 Å². The Bertz CT molecular complexity index is 2360. The summed E-state index contributed by atoms with van der Waals surface area (Å²) in [6.45, 7) is -0.909. The predicted molar refractivity (Wildman–Crippen MR) is 172 cm³/mol. The standard InChI is InChI=1S/C32H27F6N9O3S/c1-46-28-18(4-3-5-19(28)31(44-46)45-51(2,49)50)25-26(40-12-22(39)42-25)21(10-14-8-15(33)11-16(34)9-14)41-23(48)13-47-29-24(27(43-47)30(35)36)17-6-7-20(17)32(29,37)38/h3-9,11-12,17,20-21,30H,10,13H2,1-2H3,(H2,39,42)(H,41,48)(H,44,45). The van der Waals surface area contributed by atoms with Crippen molar-refractivity contribution < 1.29 is 39.6 Å². The molecular formula is C32H27F6N9O3S. The second kappa shape index (κ2) is 12.1. The quantitative estimate of drug-likeness (QED) is 0.135. The molecule has 0 spiro atoms. The summed E-state index contributed by atoms with van der Waals surface area (Å²) in [6, 6.07) is 6.21. The first-order chi connectivity index (χ1) is 24.0. The lowest BCUT2D eigenvalue weighted by molar-refractivity contribution is -0.123. The number of sulfonamides is 1. The topological polar surface area (TPSA) is 163 Å². The molecule has 2 aliphatic carbocycles. The average molecular weight is 732 g/mol. The van der Waals surface area contributed by atoms with E-state index in [1.807, 2.05) is 0 Å². The first-order valence-corrected chi connectivity index (χ1v) is 17.2. The number of benzene rings is 2. The molecule has 0 aliphatic heterocycles. The van der Waals surface area contributed by atoms with E-state index >= 15 is 8.78 Å². The summed E-state index contributed by atoms with van der Waals surface area (Å²) < 4.78 is 116. The van der Waals surface area contributed by atoms with E-state index in [9.17, 15) is 30.8 Å². The minimum Gasteiger partial charge on any atom is -0.382 e. The van der Waals surface area contributed by atoms with Crippen LogP contribution in [0.2, 0.25) is 0 Å². The van der Waals surface area contributed by atoms with E-state index in [0.29, 0.717) is 27.2 Å². The van der Waals surface area contributed by atoms with Gasteiger partial charge in [-0.05, 0) is 30.2 Å². The lowest BCUT2D eigenvalue weighted by Gasteiger charge is -2.27. The molecule has 12 nitrogen and oxygen atoms in total. The number of allylic oxidation sites excluding steroid dienone is 2. The van der Waals surface area contributed by atoms with Crippen molar-refractivity contribution in [3.05, 3.63) is 94.6 Å². The molecule has 0 bridgehead atoms. The van der Waals surface area contributed by atoms with Crippen molar-refractivity contribution in [3.63, 3.8) is 0 Å². The van der Waals surface area contributed by atoms with Gasteiger partial charge >= 0.3 is 0 Å². The number of nitrogens with zero attached hydrogens (tertiary/aromatic N) is 6. The number of aryl methyl sites for hydroxylation is 1. The van der Waals surface area contributed by atoms with Crippen molar-refractivity contribution in [1.82, 2.24) is 34.8 Å². The Balaban J connectivity index is 1.32. The molecule has 0 saturated heterocycles. The third-order valence-corrected chi connectivity index (χ3v) is 9.31. The fourth-order valence-corrected chi connectivity index (χ4v) is 7.27. The van der Waals surface area contributed by atoms with E-state index < -0.39 is 75.7 Å². The number of aromatic nitrogens is 6. The maximum atomic E-state index is 15.4. The second-order valence-electron chi connectivity index (χ2n) is 12.3. The van der Waals surface area contributed by atoms with Crippen molar-refractivity contribution in [2.45, 2.75) is 37.3 Å². The van der Waals surface area contributed by atoms with E-state index in [1.165, 1.54) is 23.0 Å².